The van der Waals surface area contributed by atoms with E-state index in [-0.39, 0.29) is 5.91 Å². The number of carbonyl (C=O) groups is 1. The van der Waals surface area contributed by atoms with Crippen molar-refractivity contribution in [3.8, 4) is 0 Å². The zero-order valence-electron chi connectivity index (χ0n) is 12.6. The Balaban J connectivity index is 2.00. The molecule has 0 saturated heterocycles. The normalized spacial score (nSPS) is 17.0. The van der Waals surface area contributed by atoms with Crippen molar-refractivity contribution in [2.75, 3.05) is 26.0 Å². The van der Waals surface area contributed by atoms with Crippen molar-refractivity contribution in [2.45, 2.75) is 37.8 Å². The SMILES string of the molecule is CN(Cc1ccc(N(C)C)cc1)C(=O)C1(O)CCCC1. The topological polar surface area (TPSA) is 43.8 Å². The number of amides is 1. The smallest absolute Gasteiger partial charge is 0.254 e. The molecule has 4 heteroatoms. The average Bonchev–Trinajstić information content (AvgIpc) is 2.86. The zero-order chi connectivity index (χ0) is 14.8. The maximum Gasteiger partial charge on any atom is 0.254 e. The van der Waals surface area contributed by atoms with Crippen LogP contribution in [-0.4, -0.2) is 42.7 Å². The van der Waals surface area contributed by atoms with Crippen LogP contribution in [0.4, 0.5) is 5.69 Å². The van der Waals surface area contributed by atoms with Crippen LogP contribution in [0.5, 0.6) is 0 Å². The number of carbonyl (C=O) groups excluding carboxylic acids is 1. The quantitative estimate of drug-likeness (QED) is 0.915. The van der Waals surface area contributed by atoms with Gasteiger partial charge in [0.05, 0.1) is 0 Å². The summed E-state index contributed by atoms with van der Waals surface area (Å²) in [5, 5.41) is 10.3. The van der Waals surface area contributed by atoms with Crippen LogP contribution in [0, 0.1) is 0 Å². The first-order valence-electron chi connectivity index (χ1n) is 7.16. The van der Waals surface area contributed by atoms with Crippen molar-refractivity contribution < 1.29 is 9.90 Å². The molecule has 1 N–H and O–H groups in total. The summed E-state index contributed by atoms with van der Waals surface area (Å²) in [4.78, 5) is 16.0. The van der Waals surface area contributed by atoms with E-state index < -0.39 is 5.60 Å². The van der Waals surface area contributed by atoms with Gasteiger partial charge in [0.1, 0.15) is 5.60 Å². The van der Waals surface area contributed by atoms with Crippen LogP contribution in [0.25, 0.3) is 0 Å². The van der Waals surface area contributed by atoms with Gasteiger partial charge < -0.3 is 14.9 Å². The predicted octanol–water partition coefficient (Wildman–Crippen LogP) is 2.02. The molecule has 20 heavy (non-hydrogen) atoms. The minimum Gasteiger partial charge on any atom is -0.380 e. The Labute approximate surface area is 121 Å². The summed E-state index contributed by atoms with van der Waals surface area (Å²) in [5.41, 5.74) is 1.09. The highest BCUT2D eigenvalue weighted by molar-refractivity contribution is 5.85. The van der Waals surface area contributed by atoms with Gasteiger partial charge in [0.15, 0.2) is 0 Å². The van der Waals surface area contributed by atoms with Gasteiger partial charge in [0, 0.05) is 33.4 Å². The molecule has 110 valence electrons. The highest BCUT2D eigenvalue weighted by Gasteiger charge is 2.40. The lowest BCUT2D eigenvalue weighted by Crippen LogP contribution is -2.45. The van der Waals surface area contributed by atoms with Crippen molar-refractivity contribution in [1.82, 2.24) is 4.90 Å². The lowest BCUT2D eigenvalue weighted by molar-refractivity contribution is -0.149. The summed E-state index contributed by atoms with van der Waals surface area (Å²) in [5.74, 6) is -0.147. The Kier molecular flexibility index (Phi) is 4.33. The number of hydrogen-bond donors (Lipinski definition) is 1. The molecule has 1 aromatic carbocycles. The first kappa shape index (κ1) is 14.9. The summed E-state index contributed by atoms with van der Waals surface area (Å²) in [7, 11) is 5.76. The Hall–Kier alpha value is -1.55. The van der Waals surface area contributed by atoms with Gasteiger partial charge in [-0.1, -0.05) is 12.1 Å². The van der Waals surface area contributed by atoms with E-state index in [1.165, 1.54) is 0 Å². The van der Waals surface area contributed by atoms with Crippen molar-refractivity contribution in [3.05, 3.63) is 29.8 Å². The highest BCUT2D eigenvalue weighted by Crippen LogP contribution is 2.31. The van der Waals surface area contributed by atoms with Crippen molar-refractivity contribution in [1.29, 1.82) is 0 Å². The van der Waals surface area contributed by atoms with E-state index >= 15 is 0 Å². The number of hydrogen-bond acceptors (Lipinski definition) is 3. The number of rotatable bonds is 4. The summed E-state index contributed by atoms with van der Waals surface area (Å²) in [6.45, 7) is 0.537. The molecular weight excluding hydrogens is 252 g/mol. The second kappa shape index (κ2) is 5.83. The molecule has 1 aliphatic carbocycles. The lowest BCUT2D eigenvalue weighted by Gasteiger charge is -2.27. The molecule has 1 aromatic rings. The van der Waals surface area contributed by atoms with E-state index in [1.54, 1.807) is 11.9 Å². The van der Waals surface area contributed by atoms with Crippen LogP contribution in [0.3, 0.4) is 0 Å². The van der Waals surface area contributed by atoms with Gasteiger partial charge in [-0.2, -0.15) is 0 Å². The second-order valence-electron chi connectivity index (χ2n) is 5.96. The molecule has 0 spiro atoms. The summed E-state index contributed by atoms with van der Waals surface area (Å²) >= 11 is 0. The first-order valence-corrected chi connectivity index (χ1v) is 7.16. The molecule has 1 saturated carbocycles. The van der Waals surface area contributed by atoms with Crippen LogP contribution >= 0.6 is 0 Å². The van der Waals surface area contributed by atoms with Crippen molar-refractivity contribution in [2.24, 2.45) is 0 Å². The van der Waals surface area contributed by atoms with E-state index in [0.717, 1.165) is 24.1 Å². The van der Waals surface area contributed by atoms with Crippen molar-refractivity contribution in [3.63, 3.8) is 0 Å². The molecule has 0 aliphatic heterocycles. The third-order valence-corrected chi connectivity index (χ3v) is 4.05. The van der Waals surface area contributed by atoms with Gasteiger partial charge in [0.25, 0.3) is 5.91 Å². The van der Waals surface area contributed by atoms with E-state index in [2.05, 4.69) is 0 Å². The molecule has 1 aliphatic rings. The number of likely N-dealkylation sites (N-methyl/N-ethyl adjacent to an activating group) is 1. The van der Waals surface area contributed by atoms with E-state index in [9.17, 15) is 9.90 Å². The van der Waals surface area contributed by atoms with Crippen molar-refractivity contribution >= 4 is 11.6 Å². The maximum absolute atomic E-state index is 12.3. The molecule has 0 radical (unpaired) electrons. The highest BCUT2D eigenvalue weighted by atomic mass is 16.3. The molecule has 2 rings (SSSR count). The van der Waals surface area contributed by atoms with E-state index in [4.69, 9.17) is 0 Å². The Morgan fingerprint density at radius 2 is 1.70 bits per heavy atom. The molecule has 0 aromatic heterocycles. The van der Waals surface area contributed by atoms with E-state index in [0.29, 0.717) is 19.4 Å². The third-order valence-electron chi connectivity index (χ3n) is 4.05. The van der Waals surface area contributed by atoms with Gasteiger partial charge in [-0.05, 0) is 43.4 Å². The number of anilines is 1. The third kappa shape index (κ3) is 3.12. The Morgan fingerprint density at radius 3 is 2.20 bits per heavy atom. The molecule has 0 heterocycles. The van der Waals surface area contributed by atoms with Gasteiger partial charge in [-0.25, -0.2) is 0 Å². The molecular formula is C16H24N2O2. The fourth-order valence-electron chi connectivity index (χ4n) is 2.77. The lowest BCUT2D eigenvalue weighted by atomic mass is 10.0. The zero-order valence-corrected chi connectivity index (χ0v) is 12.6. The number of aliphatic hydroxyl groups is 1. The Bertz CT molecular complexity index is 462. The summed E-state index contributed by atoms with van der Waals surface area (Å²) in [6, 6.07) is 8.13. The summed E-state index contributed by atoms with van der Waals surface area (Å²) < 4.78 is 0. The summed E-state index contributed by atoms with van der Waals surface area (Å²) in [6.07, 6.45) is 3.06. The minimum atomic E-state index is -1.13. The van der Waals surface area contributed by atoms with Gasteiger partial charge >= 0.3 is 0 Å². The fraction of sp³-hybridized carbons (Fsp3) is 0.562. The monoisotopic (exact) mass is 276 g/mol. The fourth-order valence-corrected chi connectivity index (χ4v) is 2.77. The van der Waals surface area contributed by atoms with Crippen LogP contribution in [0.1, 0.15) is 31.2 Å². The molecule has 0 atom stereocenters. The second-order valence-corrected chi connectivity index (χ2v) is 5.96. The van der Waals surface area contributed by atoms with Gasteiger partial charge in [-0.3, -0.25) is 4.79 Å². The van der Waals surface area contributed by atoms with Crippen LogP contribution in [-0.2, 0) is 11.3 Å². The first-order chi connectivity index (χ1) is 9.42. The minimum absolute atomic E-state index is 0.147. The molecule has 0 unspecified atom stereocenters. The number of nitrogens with zero attached hydrogens (tertiary/aromatic N) is 2. The van der Waals surface area contributed by atoms with Crippen LogP contribution in [0.15, 0.2) is 24.3 Å². The predicted molar refractivity (Wildman–Crippen MR) is 80.7 cm³/mol. The Morgan fingerprint density at radius 1 is 1.15 bits per heavy atom. The maximum atomic E-state index is 12.3. The average molecular weight is 276 g/mol. The largest absolute Gasteiger partial charge is 0.380 e. The molecule has 4 nitrogen and oxygen atoms in total. The van der Waals surface area contributed by atoms with Gasteiger partial charge in [-0.15, -0.1) is 0 Å². The molecule has 1 amide bonds. The molecule has 1 fully saturated rings. The van der Waals surface area contributed by atoms with Gasteiger partial charge in [0.2, 0.25) is 0 Å². The molecule has 0 bridgehead atoms. The number of benzene rings is 1. The van der Waals surface area contributed by atoms with Crippen LogP contribution in [0.2, 0.25) is 0 Å². The van der Waals surface area contributed by atoms with Crippen LogP contribution < -0.4 is 4.90 Å². The van der Waals surface area contributed by atoms with E-state index in [1.807, 2.05) is 43.3 Å². The standard InChI is InChI=1S/C16H24N2O2/c1-17(2)14-8-6-13(7-9-14)12-18(3)15(19)16(20)10-4-5-11-16/h6-9,20H,4-5,10-12H2,1-3H3.